The van der Waals surface area contributed by atoms with E-state index in [1.807, 2.05) is 0 Å². The molecule has 1 amide bonds. The fourth-order valence-corrected chi connectivity index (χ4v) is 3.58. The predicted octanol–water partition coefficient (Wildman–Crippen LogP) is 3.47. The minimum absolute atomic E-state index is 0. The van der Waals surface area contributed by atoms with Crippen molar-refractivity contribution in [1.29, 1.82) is 0 Å². The van der Waals surface area contributed by atoms with Gasteiger partial charge in [0.05, 0.1) is 12.6 Å². The van der Waals surface area contributed by atoms with Gasteiger partial charge in [0, 0.05) is 6.54 Å². The van der Waals surface area contributed by atoms with Gasteiger partial charge in [-0.1, -0.05) is 30.3 Å². The topological polar surface area (TPSA) is 50.4 Å². The first kappa shape index (κ1) is 18.7. The van der Waals surface area contributed by atoms with Crippen LogP contribution in [0.25, 0.3) is 11.1 Å². The molecule has 26 heavy (non-hydrogen) atoms. The molecule has 4 nitrogen and oxygen atoms in total. The van der Waals surface area contributed by atoms with E-state index in [1.54, 1.807) is 0 Å². The van der Waals surface area contributed by atoms with Crippen LogP contribution in [-0.4, -0.2) is 25.1 Å². The number of carbonyl (C=O) groups is 1. The van der Waals surface area contributed by atoms with Crippen LogP contribution in [0.5, 0.6) is 5.75 Å². The normalized spacial score (nSPS) is 18.4. The lowest BCUT2D eigenvalue weighted by Gasteiger charge is -2.18. The Morgan fingerprint density at radius 1 is 1.12 bits per heavy atom. The highest BCUT2D eigenvalue weighted by Gasteiger charge is 2.21. The average Bonchev–Trinajstić information content (AvgIpc) is 3.21. The fourth-order valence-electron chi connectivity index (χ4n) is 3.58. The number of ether oxygens (including phenoxy) is 1. The largest absolute Gasteiger partial charge is 0.493 e. The molecule has 0 saturated carbocycles. The molecule has 0 bridgehead atoms. The van der Waals surface area contributed by atoms with Gasteiger partial charge in [-0.05, 0) is 66.6 Å². The SMILES string of the molecule is Cl.O=C(NCc1ccc(-c2ccc3c(c2)CCCO3)cc1)C1CCCN1. The van der Waals surface area contributed by atoms with Gasteiger partial charge in [0.25, 0.3) is 0 Å². The number of hydrogen-bond donors (Lipinski definition) is 2. The van der Waals surface area contributed by atoms with Crippen LogP contribution in [0.3, 0.4) is 0 Å². The van der Waals surface area contributed by atoms with Crippen LogP contribution in [0.4, 0.5) is 0 Å². The number of halogens is 1. The number of amides is 1. The molecule has 1 atom stereocenters. The lowest BCUT2D eigenvalue weighted by atomic mass is 9.98. The molecule has 2 heterocycles. The average molecular weight is 373 g/mol. The standard InChI is InChI=1S/C21H24N2O2.ClH/c24-21(19-4-1-11-22-19)23-14-15-5-7-16(8-6-15)17-9-10-20-18(13-17)3-2-12-25-20;/h5-10,13,19,22H,1-4,11-12,14H2,(H,23,24);1H. The number of nitrogens with one attached hydrogen (secondary N) is 2. The Morgan fingerprint density at radius 2 is 1.92 bits per heavy atom. The summed E-state index contributed by atoms with van der Waals surface area (Å²) in [5, 5.41) is 6.25. The van der Waals surface area contributed by atoms with Gasteiger partial charge in [0.15, 0.2) is 0 Å². The molecule has 2 N–H and O–H groups in total. The molecule has 1 unspecified atom stereocenters. The zero-order valence-electron chi connectivity index (χ0n) is 14.8. The van der Waals surface area contributed by atoms with E-state index in [2.05, 4.69) is 53.1 Å². The third-order valence-corrected chi connectivity index (χ3v) is 5.04. The fraction of sp³-hybridized carbons (Fsp3) is 0.381. The Labute approximate surface area is 160 Å². The Balaban J connectivity index is 0.00000196. The highest BCUT2D eigenvalue weighted by Crippen LogP contribution is 2.30. The zero-order valence-corrected chi connectivity index (χ0v) is 15.6. The minimum atomic E-state index is -0.0167. The maximum Gasteiger partial charge on any atom is 0.237 e. The summed E-state index contributed by atoms with van der Waals surface area (Å²) in [6.07, 6.45) is 4.19. The molecule has 2 aromatic rings. The molecular weight excluding hydrogens is 348 g/mol. The quantitative estimate of drug-likeness (QED) is 0.864. The van der Waals surface area contributed by atoms with Crippen LogP contribution in [0, 0.1) is 0 Å². The van der Waals surface area contributed by atoms with Crippen molar-refractivity contribution in [1.82, 2.24) is 10.6 Å². The lowest BCUT2D eigenvalue weighted by molar-refractivity contribution is -0.122. The molecule has 0 aliphatic carbocycles. The molecular formula is C21H25ClN2O2. The molecule has 2 aromatic carbocycles. The molecule has 4 rings (SSSR count). The molecule has 1 fully saturated rings. The molecule has 138 valence electrons. The van der Waals surface area contributed by atoms with Crippen molar-refractivity contribution in [3.05, 3.63) is 53.6 Å². The first-order valence-electron chi connectivity index (χ1n) is 9.16. The maximum atomic E-state index is 12.1. The van der Waals surface area contributed by atoms with Gasteiger partial charge in [-0.25, -0.2) is 0 Å². The van der Waals surface area contributed by atoms with E-state index in [0.29, 0.717) is 6.54 Å². The van der Waals surface area contributed by atoms with Crippen molar-refractivity contribution in [2.24, 2.45) is 0 Å². The third kappa shape index (κ3) is 4.19. The Bertz CT molecular complexity index is 755. The summed E-state index contributed by atoms with van der Waals surface area (Å²) in [5.74, 6) is 1.13. The highest BCUT2D eigenvalue weighted by molar-refractivity contribution is 5.85. The van der Waals surface area contributed by atoms with Crippen LogP contribution in [0.15, 0.2) is 42.5 Å². The second-order valence-electron chi connectivity index (χ2n) is 6.84. The summed E-state index contributed by atoms with van der Waals surface area (Å²) in [4.78, 5) is 12.1. The smallest absolute Gasteiger partial charge is 0.237 e. The number of rotatable bonds is 4. The van der Waals surface area contributed by atoms with Crippen LogP contribution >= 0.6 is 12.4 Å². The van der Waals surface area contributed by atoms with Gasteiger partial charge in [-0.15, -0.1) is 12.4 Å². The number of benzene rings is 2. The van der Waals surface area contributed by atoms with Crippen LogP contribution in [0.1, 0.15) is 30.4 Å². The predicted molar refractivity (Wildman–Crippen MR) is 106 cm³/mol. The van der Waals surface area contributed by atoms with E-state index in [-0.39, 0.29) is 24.4 Å². The van der Waals surface area contributed by atoms with Gasteiger partial charge in [-0.3, -0.25) is 4.79 Å². The third-order valence-electron chi connectivity index (χ3n) is 5.04. The van der Waals surface area contributed by atoms with Crippen molar-refractivity contribution in [2.45, 2.75) is 38.3 Å². The molecule has 1 saturated heterocycles. The molecule has 0 aromatic heterocycles. The number of carbonyl (C=O) groups excluding carboxylic acids is 1. The van der Waals surface area contributed by atoms with Gasteiger partial charge >= 0.3 is 0 Å². The minimum Gasteiger partial charge on any atom is -0.493 e. The molecule has 2 aliphatic rings. The van der Waals surface area contributed by atoms with Crippen molar-refractivity contribution >= 4 is 18.3 Å². The second kappa shape index (κ2) is 8.56. The summed E-state index contributed by atoms with van der Waals surface area (Å²) >= 11 is 0. The molecule has 0 spiro atoms. The Hall–Kier alpha value is -2.04. The van der Waals surface area contributed by atoms with Crippen LogP contribution in [0.2, 0.25) is 0 Å². The zero-order chi connectivity index (χ0) is 17.1. The van der Waals surface area contributed by atoms with Crippen LogP contribution in [-0.2, 0) is 17.8 Å². The molecule has 2 aliphatic heterocycles. The van der Waals surface area contributed by atoms with Crippen LogP contribution < -0.4 is 15.4 Å². The first-order valence-corrected chi connectivity index (χ1v) is 9.16. The number of fused-ring (bicyclic) bond motifs is 1. The van der Waals surface area contributed by atoms with Crippen molar-refractivity contribution in [3.8, 4) is 16.9 Å². The summed E-state index contributed by atoms with van der Waals surface area (Å²) in [7, 11) is 0. The lowest BCUT2D eigenvalue weighted by Crippen LogP contribution is -2.39. The van der Waals surface area contributed by atoms with E-state index in [9.17, 15) is 4.79 Å². The van der Waals surface area contributed by atoms with Gasteiger partial charge < -0.3 is 15.4 Å². The van der Waals surface area contributed by atoms with E-state index in [1.165, 1.54) is 16.7 Å². The summed E-state index contributed by atoms with van der Waals surface area (Å²) in [6.45, 7) is 2.34. The second-order valence-corrected chi connectivity index (χ2v) is 6.84. The number of hydrogen-bond acceptors (Lipinski definition) is 3. The Morgan fingerprint density at radius 3 is 2.69 bits per heavy atom. The highest BCUT2D eigenvalue weighted by atomic mass is 35.5. The monoisotopic (exact) mass is 372 g/mol. The van der Waals surface area contributed by atoms with Gasteiger partial charge in [0.2, 0.25) is 5.91 Å². The maximum absolute atomic E-state index is 12.1. The van der Waals surface area contributed by atoms with Crippen molar-refractivity contribution < 1.29 is 9.53 Å². The van der Waals surface area contributed by atoms with E-state index < -0.39 is 0 Å². The summed E-state index contributed by atoms with van der Waals surface area (Å²) in [6, 6.07) is 14.8. The van der Waals surface area contributed by atoms with E-state index in [4.69, 9.17) is 4.74 Å². The van der Waals surface area contributed by atoms with Gasteiger partial charge in [0.1, 0.15) is 5.75 Å². The number of aryl methyl sites for hydroxylation is 1. The first-order chi connectivity index (χ1) is 12.3. The molecule has 0 radical (unpaired) electrons. The van der Waals surface area contributed by atoms with Crippen molar-refractivity contribution in [2.75, 3.05) is 13.2 Å². The van der Waals surface area contributed by atoms with Gasteiger partial charge in [-0.2, -0.15) is 0 Å². The summed E-state index contributed by atoms with van der Waals surface area (Å²) < 4.78 is 5.68. The molecule has 5 heteroatoms. The van der Waals surface area contributed by atoms with Crippen molar-refractivity contribution in [3.63, 3.8) is 0 Å². The van der Waals surface area contributed by atoms with E-state index in [0.717, 1.165) is 50.1 Å². The Kier molecular flexibility index (Phi) is 6.17. The summed E-state index contributed by atoms with van der Waals surface area (Å²) in [5.41, 5.74) is 4.83. The van der Waals surface area contributed by atoms with E-state index >= 15 is 0 Å².